The molecule has 70 valence electrons. The second-order valence-electron chi connectivity index (χ2n) is 3.73. The van der Waals surface area contributed by atoms with Gasteiger partial charge in [-0.3, -0.25) is 4.79 Å². The topological polar surface area (TPSA) is 55.6 Å². The molecule has 0 fully saturated rings. The number of ether oxygens (including phenoxy) is 1. The summed E-state index contributed by atoms with van der Waals surface area (Å²) in [5, 5.41) is 0. The van der Waals surface area contributed by atoms with Crippen molar-refractivity contribution >= 4 is 5.91 Å². The van der Waals surface area contributed by atoms with Gasteiger partial charge in [-0.15, -0.1) is 0 Å². The van der Waals surface area contributed by atoms with Crippen molar-refractivity contribution in [1.82, 2.24) is 0 Å². The van der Waals surface area contributed by atoms with Crippen LogP contribution in [0.25, 0.3) is 0 Å². The minimum Gasteiger partial charge on any atom is -0.459 e. The number of hydrogen-bond acceptors (Lipinski definition) is 2. The standard InChI is InChI=1S/C10H13NO2/c1-6(10(11)12)4-7-2-3-8-9(5-7)13-8/h7H,1-5H2,(H2,11,12). The molecule has 0 saturated carbocycles. The van der Waals surface area contributed by atoms with E-state index in [0.717, 1.165) is 31.4 Å². The first-order chi connectivity index (χ1) is 6.16. The maximum Gasteiger partial charge on any atom is 0.244 e. The summed E-state index contributed by atoms with van der Waals surface area (Å²) < 4.78 is 5.24. The summed E-state index contributed by atoms with van der Waals surface area (Å²) in [6.07, 6.45) is 3.79. The van der Waals surface area contributed by atoms with Crippen molar-refractivity contribution in [2.24, 2.45) is 11.7 Å². The van der Waals surface area contributed by atoms with Crippen molar-refractivity contribution in [3.05, 3.63) is 23.7 Å². The van der Waals surface area contributed by atoms with Gasteiger partial charge in [0, 0.05) is 18.4 Å². The Labute approximate surface area is 77.2 Å². The molecule has 1 amide bonds. The van der Waals surface area contributed by atoms with Crippen LogP contribution in [0.5, 0.6) is 0 Å². The second kappa shape index (κ2) is 2.91. The van der Waals surface area contributed by atoms with Gasteiger partial charge < -0.3 is 10.5 Å². The smallest absolute Gasteiger partial charge is 0.244 e. The lowest BCUT2D eigenvalue weighted by Gasteiger charge is -2.14. The maximum atomic E-state index is 10.7. The van der Waals surface area contributed by atoms with Gasteiger partial charge in [0.2, 0.25) is 5.91 Å². The Hall–Kier alpha value is -1.25. The van der Waals surface area contributed by atoms with Crippen LogP contribution in [0.3, 0.4) is 0 Å². The molecular formula is C10H13NO2. The average molecular weight is 179 g/mol. The molecule has 2 aliphatic rings. The summed E-state index contributed by atoms with van der Waals surface area (Å²) in [5.74, 6) is 2.42. The number of amides is 1. The molecule has 0 radical (unpaired) electrons. The van der Waals surface area contributed by atoms with Crippen molar-refractivity contribution in [3.63, 3.8) is 0 Å². The third-order valence-corrected chi connectivity index (χ3v) is 2.65. The van der Waals surface area contributed by atoms with Gasteiger partial charge in [0.05, 0.1) is 0 Å². The Bertz CT molecular complexity index is 304. The number of hydrogen-bond donors (Lipinski definition) is 1. The summed E-state index contributed by atoms with van der Waals surface area (Å²) in [7, 11) is 0. The molecule has 2 rings (SSSR count). The zero-order valence-corrected chi connectivity index (χ0v) is 7.51. The molecule has 0 aromatic rings. The lowest BCUT2D eigenvalue weighted by Crippen LogP contribution is -2.16. The fourth-order valence-corrected chi connectivity index (χ4v) is 1.79. The first-order valence-electron chi connectivity index (χ1n) is 4.54. The Morgan fingerprint density at radius 1 is 1.62 bits per heavy atom. The molecule has 2 N–H and O–H groups in total. The normalized spacial score (nSPS) is 24.8. The molecule has 1 aliphatic heterocycles. The van der Waals surface area contributed by atoms with Crippen molar-refractivity contribution in [1.29, 1.82) is 0 Å². The van der Waals surface area contributed by atoms with E-state index < -0.39 is 0 Å². The number of carbonyl (C=O) groups is 1. The zero-order valence-electron chi connectivity index (χ0n) is 7.51. The highest BCUT2D eigenvalue weighted by molar-refractivity contribution is 5.91. The van der Waals surface area contributed by atoms with Crippen LogP contribution < -0.4 is 5.73 Å². The lowest BCUT2D eigenvalue weighted by molar-refractivity contribution is -0.114. The highest BCUT2D eigenvalue weighted by Crippen LogP contribution is 2.43. The Morgan fingerprint density at radius 3 is 3.00 bits per heavy atom. The predicted molar refractivity (Wildman–Crippen MR) is 48.4 cm³/mol. The van der Waals surface area contributed by atoms with E-state index in [9.17, 15) is 4.79 Å². The monoisotopic (exact) mass is 179 g/mol. The Morgan fingerprint density at radius 2 is 2.38 bits per heavy atom. The minimum atomic E-state index is -0.378. The van der Waals surface area contributed by atoms with Crippen molar-refractivity contribution < 1.29 is 9.53 Å². The van der Waals surface area contributed by atoms with E-state index in [0.29, 0.717) is 11.5 Å². The fraction of sp³-hybridized carbons (Fsp3) is 0.500. The molecule has 13 heavy (non-hydrogen) atoms. The first kappa shape index (κ1) is 8.35. The molecule has 0 spiro atoms. The molecule has 1 aliphatic carbocycles. The van der Waals surface area contributed by atoms with E-state index in [2.05, 4.69) is 6.58 Å². The SMILES string of the molecule is C=C(CC1CCC2=C(C1)O2)C(N)=O. The first-order valence-corrected chi connectivity index (χ1v) is 4.54. The van der Waals surface area contributed by atoms with Crippen molar-refractivity contribution in [3.8, 4) is 0 Å². The van der Waals surface area contributed by atoms with E-state index >= 15 is 0 Å². The van der Waals surface area contributed by atoms with Gasteiger partial charge in [-0.05, 0) is 18.8 Å². The van der Waals surface area contributed by atoms with Gasteiger partial charge in [-0.1, -0.05) is 6.58 Å². The van der Waals surface area contributed by atoms with E-state index in [1.54, 1.807) is 0 Å². The molecule has 0 aromatic heterocycles. The minimum absolute atomic E-state index is 0.378. The summed E-state index contributed by atoms with van der Waals surface area (Å²) in [6, 6.07) is 0. The van der Waals surface area contributed by atoms with Crippen LogP contribution in [-0.2, 0) is 9.53 Å². The highest BCUT2D eigenvalue weighted by Gasteiger charge is 2.33. The molecule has 3 nitrogen and oxygen atoms in total. The molecule has 1 heterocycles. The van der Waals surface area contributed by atoms with Crippen LogP contribution >= 0.6 is 0 Å². The van der Waals surface area contributed by atoms with Crippen LogP contribution in [0, 0.1) is 5.92 Å². The fourth-order valence-electron chi connectivity index (χ4n) is 1.79. The summed E-state index contributed by atoms with van der Waals surface area (Å²) in [5.41, 5.74) is 5.65. The molecule has 3 heteroatoms. The van der Waals surface area contributed by atoms with Crippen LogP contribution in [0.15, 0.2) is 23.7 Å². The van der Waals surface area contributed by atoms with Crippen molar-refractivity contribution in [2.45, 2.75) is 25.7 Å². The number of allylic oxidation sites excluding steroid dienone is 2. The van der Waals surface area contributed by atoms with Crippen LogP contribution in [0.1, 0.15) is 25.7 Å². The quantitative estimate of drug-likeness (QED) is 0.667. The van der Waals surface area contributed by atoms with Crippen molar-refractivity contribution in [2.75, 3.05) is 0 Å². The van der Waals surface area contributed by atoms with Gasteiger partial charge in [-0.25, -0.2) is 0 Å². The van der Waals surface area contributed by atoms with E-state index in [-0.39, 0.29) is 5.91 Å². The van der Waals surface area contributed by atoms with Crippen LogP contribution in [0.2, 0.25) is 0 Å². The van der Waals surface area contributed by atoms with E-state index in [1.807, 2.05) is 0 Å². The number of rotatable bonds is 3. The molecular weight excluding hydrogens is 166 g/mol. The second-order valence-corrected chi connectivity index (χ2v) is 3.73. The van der Waals surface area contributed by atoms with Gasteiger partial charge in [0.1, 0.15) is 11.5 Å². The maximum absolute atomic E-state index is 10.7. The molecule has 1 atom stereocenters. The zero-order chi connectivity index (χ0) is 9.42. The molecule has 0 bridgehead atoms. The van der Waals surface area contributed by atoms with Gasteiger partial charge >= 0.3 is 0 Å². The van der Waals surface area contributed by atoms with Crippen LogP contribution in [-0.4, -0.2) is 5.91 Å². The lowest BCUT2D eigenvalue weighted by atomic mass is 9.89. The third kappa shape index (κ3) is 1.74. The average Bonchev–Trinajstić information content (AvgIpc) is 2.81. The van der Waals surface area contributed by atoms with Gasteiger partial charge in [0.15, 0.2) is 0 Å². The van der Waals surface area contributed by atoms with E-state index in [1.165, 1.54) is 5.76 Å². The number of carbonyl (C=O) groups excluding carboxylic acids is 1. The van der Waals surface area contributed by atoms with E-state index in [4.69, 9.17) is 10.5 Å². The Balaban J connectivity index is 1.86. The van der Waals surface area contributed by atoms with Gasteiger partial charge in [0.25, 0.3) is 0 Å². The summed E-state index contributed by atoms with van der Waals surface area (Å²) >= 11 is 0. The third-order valence-electron chi connectivity index (χ3n) is 2.65. The van der Waals surface area contributed by atoms with Crippen LogP contribution in [0.4, 0.5) is 0 Å². The number of primary amides is 1. The number of nitrogens with two attached hydrogens (primary N) is 1. The largest absolute Gasteiger partial charge is 0.459 e. The molecule has 1 unspecified atom stereocenters. The molecule has 0 saturated heterocycles. The Kier molecular flexibility index (Phi) is 1.87. The molecule has 0 aromatic carbocycles. The summed E-state index contributed by atoms with van der Waals surface area (Å²) in [4.78, 5) is 10.7. The summed E-state index contributed by atoms with van der Waals surface area (Å²) in [6.45, 7) is 3.66. The van der Waals surface area contributed by atoms with Gasteiger partial charge in [-0.2, -0.15) is 0 Å². The predicted octanol–water partition coefficient (Wildman–Crippen LogP) is 1.46. The highest BCUT2D eigenvalue weighted by atomic mass is 16.6.